The SMILES string of the molecule is C=C(C)[C@H]1CC(O[Si](C)(C)C)=C(C)[C@@H]([C@@H]2CCCCC2=O)C1. The van der Waals surface area contributed by atoms with Gasteiger partial charge in [-0.1, -0.05) is 18.6 Å². The van der Waals surface area contributed by atoms with Crippen LogP contribution in [-0.2, 0) is 9.22 Å². The van der Waals surface area contributed by atoms with Crippen molar-refractivity contribution >= 4 is 14.1 Å². The summed E-state index contributed by atoms with van der Waals surface area (Å²) in [6, 6.07) is 0. The molecule has 0 bridgehead atoms. The fraction of sp³-hybridized carbons (Fsp3) is 0.737. The summed E-state index contributed by atoms with van der Waals surface area (Å²) < 4.78 is 6.39. The summed E-state index contributed by atoms with van der Waals surface area (Å²) in [6.45, 7) is 15.2. The average molecular weight is 321 g/mol. The van der Waals surface area contributed by atoms with Crippen LogP contribution < -0.4 is 0 Å². The van der Waals surface area contributed by atoms with Crippen molar-refractivity contribution in [2.24, 2.45) is 17.8 Å². The third-order valence-electron chi connectivity index (χ3n) is 5.18. The molecule has 0 aromatic rings. The highest BCUT2D eigenvalue weighted by atomic mass is 28.4. The van der Waals surface area contributed by atoms with E-state index in [4.69, 9.17) is 4.43 Å². The first-order chi connectivity index (χ1) is 10.2. The Kier molecular flexibility index (Phi) is 5.36. The van der Waals surface area contributed by atoms with E-state index in [9.17, 15) is 4.79 Å². The Morgan fingerprint density at radius 1 is 1.23 bits per heavy atom. The van der Waals surface area contributed by atoms with E-state index in [0.717, 1.165) is 32.1 Å². The maximum Gasteiger partial charge on any atom is 0.241 e. The molecule has 2 nitrogen and oxygen atoms in total. The van der Waals surface area contributed by atoms with Gasteiger partial charge in [0.05, 0.1) is 5.76 Å². The van der Waals surface area contributed by atoms with Crippen LogP contribution in [0.15, 0.2) is 23.5 Å². The summed E-state index contributed by atoms with van der Waals surface area (Å²) in [4.78, 5) is 12.4. The van der Waals surface area contributed by atoms with Crippen LogP contribution in [0.5, 0.6) is 0 Å². The molecular formula is C19H32O2Si. The maximum atomic E-state index is 12.4. The lowest BCUT2D eigenvalue weighted by Gasteiger charge is -2.39. The Labute approximate surface area is 137 Å². The fourth-order valence-electron chi connectivity index (χ4n) is 3.93. The van der Waals surface area contributed by atoms with Crippen LogP contribution in [0.25, 0.3) is 0 Å². The van der Waals surface area contributed by atoms with Gasteiger partial charge in [-0.25, -0.2) is 0 Å². The zero-order valence-corrected chi connectivity index (χ0v) is 16.0. The van der Waals surface area contributed by atoms with Crippen molar-refractivity contribution in [3.63, 3.8) is 0 Å². The Hall–Kier alpha value is -0.833. The molecule has 0 heterocycles. The third-order valence-corrected chi connectivity index (χ3v) is 6.04. The van der Waals surface area contributed by atoms with Crippen LogP contribution in [0.4, 0.5) is 0 Å². The van der Waals surface area contributed by atoms with Crippen LogP contribution >= 0.6 is 0 Å². The summed E-state index contributed by atoms with van der Waals surface area (Å²) in [5, 5.41) is 0. The number of carbonyl (C=O) groups excluding carboxylic acids is 1. The molecule has 0 unspecified atom stereocenters. The molecule has 3 heteroatoms. The van der Waals surface area contributed by atoms with Gasteiger partial charge < -0.3 is 4.43 Å². The van der Waals surface area contributed by atoms with E-state index in [0.29, 0.717) is 17.6 Å². The number of hydrogen-bond acceptors (Lipinski definition) is 2. The molecule has 2 aliphatic carbocycles. The summed E-state index contributed by atoms with van der Waals surface area (Å²) in [7, 11) is -1.62. The second kappa shape index (κ2) is 6.73. The van der Waals surface area contributed by atoms with Gasteiger partial charge in [-0.2, -0.15) is 0 Å². The van der Waals surface area contributed by atoms with Gasteiger partial charge in [-0.3, -0.25) is 4.79 Å². The molecule has 0 spiro atoms. The number of carbonyl (C=O) groups is 1. The summed E-state index contributed by atoms with van der Waals surface area (Å²) >= 11 is 0. The Morgan fingerprint density at radius 2 is 1.91 bits per heavy atom. The van der Waals surface area contributed by atoms with Crippen molar-refractivity contribution in [2.45, 2.75) is 72.0 Å². The predicted molar refractivity (Wildman–Crippen MR) is 95.1 cm³/mol. The van der Waals surface area contributed by atoms with Crippen LogP contribution in [0.2, 0.25) is 19.6 Å². The first-order valence-electron chi connectivity index (χ1n) is 8.76. The topological polar surface area (TPSA) is 26.3 Å². The number of hydrogen-bond donors (Lipinski definition) is 0. The van der Waals surface area contributed by atoms with Gasteiger partial charge in [-0.05, 0) is 70.2 Å². The minimum absolute atomic E-state index is 0.219. The molecular weight excluding hydrogens is 288 g/mol. The molecule has 1 fully saturated rings. The van der Waals surface area contributed by atoms with Gasteiger partial charge in [-0.15, -0.1) is 0 Å². The molecule has 124 valence electrons. The van der Waals surface area contributed by atoms with E-state index < -0.39 is 8.32 Å². The second-order valence-electron chi connectivity index (χ2n) is 8.23. The molecule has 2 rings (SSSR count). The van der Waals surface area contributed by atoms with Gasteiger partial charge in [0, 0.05) is 18.8 Å². The van der Waals surface area contributed by atoms with Crippen LogP contribution in [-0.4, -0.2) is 14.1 Å². The predicted octanol–water partition coefficient (Wildman–Crippen LogP) is 5.47. The molecule has 1 saturated carbocycles. The third kappa shape index (κ3) is 4.12. The highest BCUT2D eigenvalue weighted by Gasteiger charge is 2.38. The van der Waals surface area contributed by atoms with Gasteiger partial charge in [0.2, 0.25) is 8.32 Å². The van der Waals surface area contributed by atoms with Crippen molar-refractivity contribution in [2.75, 3.05) is 0 Å². The van der Waals surface area contributed by atoms with Crippen molar-refractivity contribution in [1.82, 2.24) is 0 Å². The Morgan fingerprint density at radius 3 is 2.45 bits per heavy atom. The van der Waals surface area contributed by atoms with Gasteiger partial charge >= 0.3 is 0 Å². The van der Waals surface area contributed by atoms with Crippen molar-refractivity contribution < 1.29 is 9.22 Å². The van der Waals surface area contributed by atoms with E-state index in [1.807, 2.05) is 0 Å². The van der Waals surface area contributed by atoms with Crippen molar-refractivity contribution in [1.29, 1.82) is 0 Å². The van der Waals surface area contributed by atoms with Gasteiger partial charge in [0.25, 0.3) is 0 Å². The first kappa shape index (κ1) is 17.5. The van der Waals surface area contributed by atoms with Crippen LogP contribution in [0, 0.1) is 17.8 Å². The Balaban J connectivity index is 2.30. The first-order valence-corrected chi connectivity index (χ1v) is 12.2. The molecule has 0 amide bonds. The van der Waals surface area contributed by atoms with Crippen molar-refractivity contribution in [3.05, 3.63) is 23.5 Å². The molecule has 0 aromatic carbocycles. The van der Waals surface area contributed by atoms with Crippen LogP contribution in [0.1, 0.15) is 52.4 Å². The summed E-state index contributed by atoms with van der Waals surface area (Å²) in [6.07, 6.45) is 6.16. The zero-order valence-electron chi connectivity index (χ0n) is 15.0. The lowest BCUT2D eigenvalue weighted by molar-refractivity contribution is -0.126. The minimum atomic E-state index is -1.62. The standard InChI is InChI=1S/C19H32O2Si/c1-13(2)15-11-17(16-9-7-8-10-18(16)20)14(3)19(12-15)21-22(4,5)6/h15-17H,1,7-12H2,2-6H3/t15-,16+,17+/m1/s1. The van der Waals surface area contributed by atoms with E-state index in [-0.39, 0.29) is 5.92 Å². The number of rotatable bonds is 4. The van der Waals surface area contributed by atoms with E-state index >= 15 is 0 Å². The molecule has 3 atom stereocenters. The van der Waals surface area contributed by atoms with E-state index in [1.54, 1.807) is 0 Å². The lowest BCUT2D eigenvalue weighted by atomic mass is 9.68. The van der Waals surface area contributed by atoms with E-state index in [2.05, 4.69) is 40.1 Å². The monoisotopic (exact) mass is 320 g/mol. The van der Waals surface area contributed by atoms with Gasteiger partial charge in [0.15, 0.2) is 0 Å². The normalized spacial score (nSPS) is 30.4. The lowest BCUT2D eigenvalue weighted by Crippen LogP contribution is -2.35. The second-order valence-corrected chi connectivity index (χ2v) is 12.7. The largest absolute Gasteiger partial charge is 0.547 e. The summed E-state index contributed by atoms with van der Waals surface area (Å²) in [5.74, 6) is 2.70. The number of Topliss-reactive ketones (excluding diaryl/α,β-unsaturated/α-hetero) is 1. The number of ketones is 1. The molecule has 0 N–H and O–H groups in total. The maximum absolute atomic E-state index is 12.4. The molecule has 0 aliphatic heterocycles. The highest BCUT2D eigenvalue weighted by molar-refractivity contribution is 6.70. The van der Waals surface area contributed by atoms with E-state index in [1.165, 1.54) is 23.3 Å². The molecule has 2 aliphatic rings. The van der Waals surface area contributed by atoms with Crippen molar-refractivity contribution in [3.8, 4) is 0 Å². The fourth-order valence-corrected chi connectivity index (χ4v) is 4.91. The summed E-state index contributed by atoms with van der Waals surface area (Å²) in [5.41, 5.74) is 2.58. The zero-order chi connectivity index (χ0) is 16.5. The molecule has 0 aromatic heterocycles. The number of allylic oxidation sites excluding steroid dienone is 3. The van der Waals surface area contributed by atoms with Crippen LogP contribution in [0.3, 0.4) is 0 Å². The van der Waals surface area contributed by atoms with Gasteiger partial charge in [0.1, 0.15) is 5.78 Å². The highest BCUT2D eigenvalue weighted by Crippen LogP contribution is 2.44. The Bertz CT molecular complexity index is 484. The molecule has 0 saturated heterocycles. The molecule has 22 heavy (non-hydrogen) atoms. The average Bonchev–Trinajstić information content (AvgIpc) is 2.40. The molecule has 0 radical (unpaired) electrons. The quantitative estimate of drug-likeness (QED) is 0.507. The minimum Gasteiger partial charge on any atom is -0.547 e. The smallest absolute Gasteiger partial charge is 0.241 e.